The van der Waals surface area contributed by atoms with E-state index < -0.39 is 17.8 Å². The average molecular weight is 470 g/mol. The summed E-state index contributed by atoms with van der Waals surface area (Å²) >= 11 is 0. The quantitative estimate of drug-likeness (QED) is 0.398. The topological polar surface area (TPSA) is 126 Å². The molecule has 5 rings (SSSR count). The van der Waals surface area contributed by atoms with E-state index in [0.29, 0.717) is 25.0 Å². The molecule has 2 amide bonds. The number of benzene rings is 2. The van der Waals surface area contributed by atoms with Gasteiger partial charge in [0, 0.05) is 18.7 Å². The summed E-state index contributed by atoms with van der Waals surface area (Å²) in [6.07, 6.45) is 2.85. The molecule has 3 N–H and O–H groups in total. The van der Waals surface area contributed by atoms with Crippen LogP contribution in [0.4, 0.5) is 0 Å². The molecule has 0 radical (unpaired) electrons. The van der Waals surface area contributed by atoms with Crippen molar-refractivity contribution in [3.05, 3.63) is 100.0 Å². The molecule has 0 saturated heterocycles. The zero-order valence-electron chi connectivity index (χ0n) is 19.0. The van der Waals surface area contributed by atoms with Crippen LogP contribution in [0.2, 0.25) is 0 Å². The maximum atomic E-state index is 13.3. The first kappa shape index (κ1) is 22.3. The summed E-state index contributed by atoms with van der Waals surface area (Å²) in [4.78, 5) is 41.9. The molecular weight excluding hydrogens is 446 g/mol. The minimum absolute atomic E-state index is 0.118. The van der Waals surface area contributed by atoms with Crippen LogP contribution in [-0.4, -0.2) is 37.5 Å². The number of carbonyl (C=O) groups excluding carboxylic acids is 2. The number of carboxylic acids is 1. The van der Waals surface area contributed by atoms with Crippen molar-refractivity contribution < 1.29 is 19.5 Å². The van der Waals surface area contributed by atoms with Crippen LogP contribution in [0, 0.1) is 6.92 Å². The molecule has 1 atom stereocenters. The Kier molecular flexibility index (Phi) is 5.74. The van der Waals surface area contributed by atoms with Crippen LogP contribution in [0.15, 0.2) is 60.8 Å². The number of rotatable bonds is 6. The molecule has 2 heterocycles. The highest BCUT2D eigenvalue weighted by Gasteiger charge is 2.28. The third kappa shape index (κ3) is 4.23. The van der Waals surface area contributed by atoms with Crippen molar-refractivity contribution >= 4 is 23.4 Å². The molecule has 1 aliphatic carbocycles. The molecule has 0 unspecified atom stereocenters. The van der Waals surface area contributed by atoms with Crippen molar-refractivity contribution in [2.24, 2.45) is 0 Å². The number of aromatic nitrogens is 3. The van der Waals surface area contributed by atoms with Gasteiger partial charge in [0.05, 0.1) is 17.8 Å². The van der Waals surface area contributed by atoms with Gasteiger partial charge in [-0.2, -0.15) is 5.10 Å². The van der Waals surface area contributed by atoms with Gasteiger partial charge in [-0.25, -0.2) is 14.3 Å². The van der Waals surface area contributed by atoms with Crippen LogP contribution in [0.1, 0.15) is 66.1 Å². The molecule has 0 spiro atoms. The highest BCUT2D eigenvalue weighted by molar-refractivity contribution is 5.98. The van der Waals surface area contributed by atoms with Gasteiger partial charge in [-0.05, 0) is 48.1 Å². The lowest BCUT2D eigenvalue weighted by atomic mass is 9.98. The number of carbonyl (C=O) groups is 3. The number of aromatic carboxylic acids is 1. The first-order valence-corrected chi connectivity index (χ1v) is 11.3. The summed E-state index contributed by atoms with van der Waals surface area (Å²) in [5.74, 6) is -1.75. The van der Waals surface area contributed by atoms with Crippen LogP contribution in [0.5, 0.6) is 0 Å². The zero-order valence-corrected chi connectivity index (χ0v) is 19.0. The van der Waals surface area contributed by atoms with Crippen LogP contribution in [0.3, 0.4) is 0 Å². The number of nitrogens with one attached hydrogen (secondary N) is 2. The molecule has 0 aliphatic heterocycles. The van der Waals surface area contributed by atoms with E-state index >= 15 is 0 Å². The average Bonchev–Trinajstić information content (AvgIpc) is 3.50. The predicted molar refractivity (Wildman–Crippen MR) is 127 cm³/mol. The van der Waals surface area contributed by atoms with Crippen LogP contribution in [0.25, 0.3) is 5.65 Å². The van der Waals surface area contributed by atoms with Crippen LogP contribution < -0.4 is 10.6 Å². The lowest BCUT2D eigenvalue weighted by Crippen LogP contribution is -2.30. The minimum Gasteiger partial charge on any atom is -0.478 e. The van der Waals surface area contributed by atoms with Gasteiger partial charge in [-0.3, -0.25) is 9.59 Å². The highest BCUT2D eigenvalue weighted by Crippen LogP contribution is 2.34. The molecular formula is C26H23N5O4. The number of fused-ring (bicyclic) bond motifs is 2. The van der Waals surface area contributed by atoms with Gasteiger partial charge < -0.3 is 15.7 Å². The lowest BCUT2D eigenvalue weighted by molar-refractivity contribution is 0.0695. The molecule has 9 nitrogen and oxygen atoms in total. The number of amides is 2. The highest BCUT2D eigenvalue weighted by atomic mass is 16.4. The molecule has 2 aromatic heterocycles. The van der Waals surface area contributed by atoms with Gasteiger partial charge in [0.15, 0.2) is 5.65 Å². The predicted octanol–water partition coefficient (Wildman–Crippen LogP) is 3.08. The van der Waals surface area contributed by atoms with E-state index in [4.69, 9.17) is 0 Å². The first-order valence-electron chi connectivity index (χ1n) is 11.3. The van der Waals surface area contributed by atoms with Gasteiger partial charge in [-0.1, -0.05) is 36.4 Å². The Morgan fingerprint density at radius 1 is 1.09 bits per heavy atom. The Bertz CT molecular complexity index is 1460. The second-order valence-corrected chi connectivity index (χ2v) is 8.47. The van der Waals surface area contributed by atoms with E-state index in [1.807, 2.05) is 30.3 Å². The van der Waals surface area contributed by atoms with Gasteiger partial charge in [-0.15, -0.1) is 0 Å². The monoisotopic (exact) mass is 469 g/mol. The van der Waals surface area contributed by atoms with Crippen molar-refractivity contribution in [3.63, 3.8) is 0 Å². The lowest BCUT2D eigenvalue weighted by Gasteiger charge is -2.16. The number of hydrogen-bond acceptors (Lipinski definition) is 5. The largest absolute Gasteiger partial charge is 0.478 e. The van der Waals surface area contributed by atoms with E-state index in [9.17, 15) is 19.5 Å². The Balaban J connectivity index is 1.39. The summed E-state index contributed by atoms with van der Waals surface area (Å²) in [7, 11) is 0. The molecule has 0 fully saturated rings. The molecule has 9 heteroatoms. The maximum Gasteiger partial charge on any atom is 0.335 e. The Labute approximate surface area is 200 Å². The molecule has 2 aromatic carbocycles. The maximum absolute atomic E-state index is 13.3. The standard InChI is InChI=1S/C26H23N5O4/c1-15-17-9-10-20(19(17)8-7-18(15)26(34)35)30-25(33)22-13-21(29-23-11-12-28-31(22)23)24(32)27-14-16-5-3-2-4-6-16/h2-8,11-13,20H,9-10,14H2,1H3,(H,27,32)(H,30,33)(H,34,35)/t20-/m0/s1. The smallest absolute Gasteiger partial charge is 0.335 e. The summed E-state index contributed by atoms with van der Waals surface area (Å²) < 4.78 is 1.40. The summed E-state index contributed by atoms with van der Waals surface area (Å²) in [5.41, 5.74) is 4.51. The molecule has 35 heavy (non-hydrogen) atoms. The van der Waals surface area contributed by atoms with Gasteiger partial charge in [0.25, 0.3) is 11.8 Å². The van der Waals surface area contributed by atoms with Gasteiger partial charge >= 0.3 is 5.97 Å². The second-order valence-electron chi connectivity index (χ2n) is 8.47. The van der Waals surface area contributed by atoms with Crippen LogP contribution in [-0.2, 0) is 13.0 Å². The first-order chi connectivity index (χ1) is 16.9. The van der Waals surface area contributed by atoms with Gasteiger partial charge in [0.1, 0.15) is 11.4 Å². The normalized spacial score (nSPS) is 14.5. The Morgan fingerprint density at radius 3 is 2.66 bits per heavy atom. The molecule has 176 valence electrons. The van der Waals surface area contributed by atoms with Crippen molar-refractivity contribution in [1.29, 1.82) is 0 Å². The number of nitrogens with zero attached hydrogens (tertiary/aromatic N) is 3. The number of carboxylic acid groups (broad SMARTS) is 1. The molecule has 4 aromatic rings. The third-order valence-corrected chi connectivity index (χ3v) is 6.35. The fraction of sp³-hybridized carbons (Fsp3) is 0.192. The van der Waals surface area contributed by atoms with Crippen molar-refractivity contribution in [2.45, 2.75) is 32.4 Å². The van der Waals surface area contributed by atoms with Gasteiger partial charge in [0.2, 0.25) is 0 Å². The molecule has 1 aliphatic rings. The summed E-state index contributed by atoms with van der Waals surface area (Å²) in [5, 5.41) is 19.4. The summed E-state index contributed by atoms with van der Waals surface area (Å²) in [6.45, 7) is 2.13. The molecule has 0 saturated carbocycles. The fourth-order valence-corrected chi connectivity index (χ4v) is 4.55. The van der Waals surface area contributed by atoms with Crippen molar-refractivity contribution in [3.8, 4) is 0 Å². The van der Waals surface area contributed by atoms with Crippen molar-refractivity contribution in [1.82, 2.24) is 25.2 Å². The summed E-state index contributed by atoms with van der Waals surface area (Å²) in [6, 6.07) is 15.7. The Morgan fingerprint density at radius 2 is 1.89 bits per heavy atom. The fourth-order valence-electron chi connectivity index (χ4n) is 4.55. The second kappa shape index (κ2) is 9.02. The van der Waals surface area contributed by atoms with Crippen LogP contribution >= 0.6 is 0 Å². The van der Waals surface area contributed by atoms with E-state index in [-0.39, 0.29) is 23.0 Å². The molecule has 0 bridgehead atoms. The third-order valence-electron chi connectivity index (χ3n) is 6.35. The zero-order chi connectivity index (χ0) is 24.5. The number of hydrogen-bond donors (Lipinski definition) is 3. The van der Waals surface area contributed by atoms with E-state index in [2.05, 4.69) is 20.7 Å². The minimum atomic E-state index is -0.964. The van der Waals surface area contributed by atoms with E-state index in [1.54, 1.807) is 25.1 Å². The Hall–Kier alpha value is -4.53. The SMILES string of the molecule is Cc1c(C(=O)O)ccc2c1CC[C@@H]2NC(=O)c1cc(C(=O)NCc2ccccc2)nc2ccnn12. The van der Waals surface area contributed by atoms with Crippen molar-refractivity contribution in [2.75, 3.05) is 0 Å². The van der Waals surface area contributed by atoms with E-state index in [1.165, 1.54) is 16.8 Å². The van der Waals surface area contributed by atoms with E-state index in [0.717, 1.165) is 22.3 Å².